The molecular weight excluding hydrogens is 180 g/mol. The van der Waals surface area contributed by atoms with E-state index in [0.717, 1.165) is 18.4 Å². The highest BCUT2D eigenvalue weighted by molar-refractivity contribution is 5.67. The lowest BCUT2D eigenvalue weighted by Crippen LogP contribution is -2.38. The van der Waals surface area contributed by atoms with Crippen LogP contribution < -0.4 is 5.73 Å². The summed E-state index contributed by atoms with van der Waals surface area (Å²) < 4.78 is 11.1. The van der Waals surface area contributed by atoms with Gasteiger partial charge in [0, 0.05) is 26.1 Å². The summed E-state index contributed by atoms with van der Waals surface area (Å²) in [6.45, 7) is 0.473. The molecule has 0 aromatic heterocycles. The van der Waals surface area contributed by atoms with E-state index in [9.17, 15) is 0 Å². The van der Waals surface area contributed by atoms with E-state index in [0.29, 0.717) is 12.6 Å². The van der Waals surface area contributed by atoms with E-state index in [1.54, 1.807) is 19.5 Å². The molecule has 1 aliphatic carbocycles. The van der Waals surface area contributed by atoms with E-state index < -0.39 is 0 Å². The van der Waals surface area contributed by atoms with Gasteiger partial charge >= 0.3 is 0 Å². The molecule has 1 heterocycles. The van der Waals surface area contributed by atoms with Crippen molar-refractivity contribution in [3.05, 3.63) is 11.8 Å². The van der Waals surface area contributed by atoms with Gasteiger partial charge in [0.05, 0.1) is 6.10 Å². The van der Waals surface area contributed by atoms with Crippen molar-refractivity contribution < 1.29 is 9.47 Å². The summed E-state index contributed by atoms with van der Waals surface area (Å²) >= 11 is 0. The molecule has 2 atom stereocenters. The maximum Gasteiger partial charge on any atom is 0.123 e. The van der Waals surface area contributed by atoms with E-state index in [2.05, 4.69) is 4.99 Å². The highest BCUT2D eigenvalue weighted by Crippen LogP contribution is 2.28. The van der Waals surface area contributed by atoms with E-state index in [-0.39, 0.29) is 12.2 Å². The summed E-state index contributed by atoms with van der Waals surface area (Å²) in [5.41, 5.74) is 6.60. The quantitative estimate of drug-likeness (QED) is 0.711. The summed E-state index contributed by atoms with van der Waals surface area (Å²) in [6, 6.07) is 0. The Labute approximate surface area is 83.8 Å². The maximum absolute atomic E-state index is 5.77. The second kappa shape index (κ2) is 4.21. The largest absolute Gasteiger partial charge is 0.374 e. The highest BCUT2D eigenvalue weighted by atomic mass is 16.5. The Morgan fingerprint density at radius 1 is 1.57 bits per heavy atom. The minimum Gasteiger partial charge on any atom is -0.374 e. The van der Waals surface area contributed by atoms with Crippen LogP contribution >= 0.6 is 0 Å². The summed E-state index contributed by atoms with van der Waals surface area (Å²) in [4.78, 5) is 4.12. The average molecular weight is 196 g/mol. The summed E-state index contributed by atoms with van der Waals surface area (Å²) in [5.74, 6) is 0. The summed E-state index contributed by atoms with van der Waals surface area (Å²) in [6.07, 6.45) is 6.16. The standard InChI is InChI=1S/C10H16N2O2/c1-13-10-7(4-11)5-12-6-9(10)14-8-2-3-8/h5-6,8-10H,2-4,11H2,1H3. The Hall–Kier alpha value is -0.710. The Morgan fingerprint density at radius 2 is 2.36 bits per heavy atom. The van der Waals surface area contributed by atoms with Crippen molar-refractivity contribution >= 4 is 6.21 Å². The number of rotatable bonds is 4. The molecule has 2 rings (SSSR count). The lowest BCUT2D eigenvalue weighted by atomic mass is 10.0. The van der Waals surface area contributed by atoms with Crippen molar-refractivity contribution in [3.8, 4) is 0 Å². The van der Waals surface area contributed by atoms with Gasteiger partial charge in [-0.05, 0) is 18.4 Å². The molecule has 0 radical (unpaired) electrons. The number of nitrogens with zero attached hydrogens (tertiary/aromatic N) is 1. The first-order valence-electron chi connectivity index (χ1n) is 4.95. The van der Waals surface area contributed by atoms with Crippen LogP contribution in [0.2, 0.25) is 0 Å². The first kappa shape index (κ1) is 9.83. The van der Waals surface area contributed by atoms with Gasteiger partial charge in [-0.15, -0.1) is 0 Å². The molecule has 0 saturated heterocycles. The third-order valence-electron chi connectivity index (χ3n) is 2.50. The van der Waals surface area contributed by atoms with Crippen LogP contribution in [-0.4, -0.2) is 38.2 Å². The predicted molar refractivity (Wildman–Crippen MR) is 54.3 cm³/mol. The lowest BCUT2D eigenvalue weighted by molar-refractivity contribution is -0.0118. The molecule has 14 heavy (non-hydrogen) atoms. The van der Waals surface area contributed by atoms with Gasteiger partial charge in [-0.25, -0.2) is 0 Å². The van der Waals surface area contributed by atoms with E-state index in [4.69, 9.17) is 15.2 Å². The normalized spacial score (nSPS) is 31.7. The third-order valence-corrected chi connectivity index (χ3v) is 2.50. The minimum absolute atomic E-state index is 0.0573. The molecule has 78 valence electrons. The zero-order valence-corrected chi connectivity index (χ0v) is 8.35. The highest BCUT2D eigenvalue weighted by Gasteiger charge is 2.32. The number of hydrogen-bond donors (Lipinski definition) is 1. The van der Waals surface area contributed by atoms with Crippen LogP contribution in [0.3, 0.4) is 0 Å². The number of nitrogens with two attached hydrogens (primary N) is 1. The zero-order chi connectivity index (χ0) is 9.97. The molecule has 4 heteroatoms. The Balaban J connectivity index is 2.01. The van der Waals surface area contributed by atoms with Gasteiger partial charge in [0.2, 0.25) is 0 Å². The van der Waals surface area contributed by atoms with Crippen molar-refractivity contribution in [2.24, 2.45) is 10.7 Å². The van der Waals surface area contributed by atoms with Gasteiger partial charge in [0.25, 0.3) is 0 Å². The smallest absolute Gasteiger partial charge is 0.123 e. The lowest BCUT2D eigenvalue weighted by Gasteiger charge is -2.27. The summed E-state index contributed by atoms with van der Waals surface area (Å²) in [7, 11) is 1.68. The Bertz CT molecular complexity index is 259. The van der Waals surface area contributed by atoms with Crippen molar-refractivity contribution in [3.63, 3.8) is 0 Å². The number of methoxy groups -OCH3 is 1. The Kier molecular flexibility index (Phi) is 2.96. The van der Waals surface area contributed by atoms with Crippen LogP contribution in [0.15, 0.2) is 16.8 Å². The average Bonchev–Trinajstić information content (AvgIpc) is 3.01. The van der Waals surface area contributed by atoms with Crippen LogP contribution in [0.4, 0.5) is 0 Å². The van der Waals surface area contributed by atoms with Crippen molar-refractivity contribution in [2.45, 2.75) is 31.2 Å². The SMILES string of the molecule is COC1C(CN)=CN=CC1OC1CC1. The molecule has 4 nitrogen and oxygen atoms in total. The molecular formula is C10H16N2O2. The minimum atomic E-state index is -0.0592. The van der Waals surface area contributed by atoms with Crippen LogP contribution in [-0.2, 0) is 9.47 Å². The number of ether oxygens (including phenoxy) is 2. The second-order valence-corrected chi connectivity index (χ2v) is 3.66. The first-order valence-corrected chi connectivity index (χ1v) is 4.95. The molecule has 1 saturated carbocycles. The Morgan fingerprint density at radius 3 is 2.93 bits per heavy atom. The van der Waals surface area contributed by atoms with Crippen LogP contribution in [0.1, 0.15) is 12.8 Å². The fourth-order valence-corrected chi connectivity index (χ4v) is 1.57. The fraction of sp³-hybridized carbons (Fsp3) is 0.700. The molecule has 1 aliphatic heterocycles. The molecule has 0 aromatic rings. The molecule has 0 aromatic carbocycles. The van der Waals surface area contributed by atoms with Crippen LogP contribution in [0.5, 0.6) is 0 Å². The topological polar surface area (TPSA) is 56.8 Å². The third kappa shape index (κ3) is 2.03. The van der Waals surface area contributed by atoms with Gasteiger partial charge in [0.15, 0.2) is 0 Å². The van der Waals surface area contributed by atoms with E-state index >= 15 is 0 Å². The second-order valence-electron chi connectivity index (χ2n) is 3.66. The van der Waals surface area contributed by atoms with Gasteiger partial charge in [0.1, 0.15) is 12.2 Å². The van der Waals surface area contributed by atoms with Gasteiger partial charge in [-0.2, -0.15) is 0 Å². The van der Waals surface area contributed by atoms with Crippen molar-refractivity contribution in [1.29, 1.82) is 0 Å². The van der Waals surface area contributed by atoms with Gasteiger partial charge in [-0.3, -0.25) is 4.99 Å². The van der Waals surface area contributed by atoms with Gasteiger partial charge in [-0.1, -0.05) is 0 Å². The van der Waals surface area contributed by atoms with Gasteiger partial charge < -0.3 is 15.2 Å². The molecule has 0 bridgehead atoms. The van der Waals surface area contributed by atoms with E-state index in [1.807, 2.05) is 0 Å². The van der Waals surface area contributed by atoms with Crippen LogP contribution in [0, 0.1) is 0 Å². The van der Waals surface area contributed by atoms with E-state index in [1.165, 1.54) is 0 Å². The molecule has 1 fully saturated rings. The van der Waals surface area contributed by atoms with Crippen LogP contribution in [0.25, 0.3) is 0 Å². The maximum atomic E-state index is 5.77. The number of aliphatic imine (C=N–C) groups is 1. The fourth-order valence-electron chi connectivity index (χ4n) is 1.57. The number of hydrogen-bond acceptors (Lipinski definition) is 4. The van der Waals surface area contributed by atoms with Crippen molar-refractivity contribution in [1.82, 2.24) is 0 Å². The summed E-state index contributed by atoms with van der Waals surface area (Å²) in [5, 5.41) is 0. The molecule has 2 unspecified atom stereocenters. The zero-order valence-electron chi connectivity index (χ0n) is 8.35. The molecule has 2 aliphatic rings. The van der Waals surface area contributed by atoms with Crippen molar-refractivity contribution in [2.75, 3.05) is 13.7 Å². The molecule has 0 amide bonds. The molecule has 0 spiro atoms. The monoisotopic (exact) mass is 196 g/mol. The first-order chi connectivity index (χ1) is 6.85. The predicted octanol–water partition coefficient (Wildman–Crippen LogP) is 0.476. The molecule has 2 N–H and O–H groups in total.